The molecule has 0 saturated heterocycles. The Morgan fingerprint density at radius 2 is 1.68 bits per heavy atom. The molecule has 0 unspecified atom stereocenters. The highest BCUT2D eigenvalue weighted by Crippen LogP contribution is 2.15. The van der Waals surface area contributed by atoms with E-state index in [4.69, 9.17) is 14.2 Å². The van der Waals surface area contributed by atoms with Gasteiger partial charge in [0.15, 0.2) is 0 Å². The topological polar surface area (TPSA) is 86.7 Å². The zero-order valence-electron chi connectivity index (χ0n) is 11.5. The molecule has 0 radical (unpaired) electrons. The third-order valence-electron chi connectivity index (χ3n) is 2.24. The van der Waals surface area contributed by atoms with Gasteiger partial charge in [-0.1, -0.05) is 0 Å². The zero-order chi connectivity index (χ0) is 14.3. The van der Waals surface area contributed by atoms with Crippen molar-refractivity contribution < 1.29 is 19.0 Å². The molecule has 0 amide bonds. The molecule has 0 spiro atoms. The first-order valence-corrected chi connectivity index (χ1v) is 5.89. The van der Waals surface area contributed by atoms with Gasteiger partial charge in [-0.3, -0.25) is 4.79 Å². The molecule has 19 heavy (non-hydrogen) atoms. The Morgan fingerprint density at radius 3 is 2.11 bits per heavy atom. The molecule has 0 fully saturated rings. The van der Waals surface area contributed by atoms with Crippen molar-refractivity contribution in [2.75, 3.05) is 38.8 Å². The van der Waals surface area contributed by atoms with E-state index in [1.165, 1.54) is 14.2 Å². The number of aromatic nitrogens is 3. The maximum atomic E-state index is 11.5. The number of carbonyl (C=O) groups excluding carboxylic acids is 1. The van der Waals surface area contributed by atoms with E-state index in [1.54, 1.807) is 11.8 Å². The summed E-state index contributed by atoms with van der Waals surface area (Å²) in [6.45, 7) is 4.56. The Labute approximate surface area is 111 Å². The van der Waals surface area contributed by atoms with E-state index in [-0.39, 0.29) is 24.5 Å². The monoisotopic (exact) mass is 270 g/mol. The van der Waals surface area contributed by atoms with Gasteiger partial charge in [0, 0.05) is 6.54 Å². The molecule has 0 aliphatic carbocycles. The van der Waals surface area contributed by atoms with Crippen LogP contribution in [0.2, 0.25) is 0 Å². The van der Waals surface area contributed by atoms with E-state index in [0.717, 1.165) is 0 Å². The normalized spacial score (nSPS) is 9.89. The van der Waals surface area contributed by atoms with Crippen LogP contribution in [0.25, 0.3) is 0 Å². The van der Waals surface area contributed by atoms with Crippen LogP contribution in [0.1, 0.15) is 13.8 Å². The lowest BCUT2D eigenvalue weighted by molar-refractivity contribution is -0.141. The van der Waals surface area contributed by atoms with Gasteiger partial charge >= 0.3 is 18.0 Å². The second-order valence-corrected chi connectivity index (χ2v) is 3.43. The molecule has 0 bridgehead atoms. The summed E-state index contributed by atoms with van der Waals surface area (Å²) in [4.78, 5) is 25.2. The minimum atomic E-state index is -0.345. The van der Waals surface area contributed by atoms with E-state index in [1.807, 2.05) is 6.92 Å². The number of hydrogen-bond donors (Lipinski definition) is 0. The Balaban J connectivity index is 2.93. The number of esters is 1. The highest BCUT2D eigenvalue weighted by atomic mass is 16.5. The fourth-order valence-corrected chi connectivity index (χ4v) is 1.34. The summed E-state index contributed by atoms with van der Waals surface area (Å²) in [6.07, 6.45) is 0. The van der Waals surface area contributed by atoms with E-state index >= 15 is 0 Å². The minimum absolute atomic E-state index is 0.0562. The largest absolute Gasteiger partial charge is 0.467 e. The smallest absolute Gasteiger partial charge is 0.325 e. The van der Waals surface area contributed by atoms with Gasteiger partial charge in [-0.05, 0) is 13.8 Å². The Bertz CT molecular complexity index is 405. The van der Waals surface area contributed by atoms with Crippen LogP contribution < -0.4 is 14.4 Å². The Kier molecular flexibility index (Phi) is 5.77. The summed E-state index contributed by atoms with van der Waals surface area (Å²) in [5, 5.41) is 0. The molecule has 8 heteroatoms. The first-order chi connectivity index (χ1) is 9.14. The SMILES string of the molecule is CCOC(=O)CN(CC)c1nc(OC)nc(OC)n1. The first-order valence-electron chi connectivity index (χ1n) is 5.89. The summed E-state index contributed by atoms with van der Waals surface area (Å²) in [6, 6.07) is 0.258. The average molecular weight is 270 g/mol. The number of nitrogens with zero attached hydrogens (tertiary/aromatic N) is 4. The van der Waals surface area contributed by atoms with Crippen LogP contribution in [-0.4, -0.2) is 54.8 Å². The second-order valence-electron chi connectivity index (χ2n) is 3.43. The van der Waals surface area contributed by atoms with Crippen LogP contribution in [0.5, 0.6) is 12.0 Å². The van der Waals surface area contributed by atoms with Gasteiger partial charge in [0.2, 0.25) is 5.95 Å². The lowest BCUT2D eigenvalue weighted by Crippen LogP contribution is -2.32. The van der Waals surface area contributed by atoms with Crippen molar-refractivity contribution in [3.8, 4) is 12.0 Å². The molecule has 1 aromatic heterocycles. The Morgan fingerprint density at radius 1 is 1.11 bits per heavy atom. The van der Waals surface area contributed by atoms with E-state index in [9.17, 15) is 4.79 Å². The molecular formula is C11H18N4O4. The van der Waals surface area contributed by atoms with Gasteiger partial charge in [0.25, 0.3) is 0 Å². The van der Waals surface area contributed by atoms with Crippen LogP contribution in [0, 0.1) is 0 Å². The number of likely N-dealkylation sites (N-methyl/N-ethyl adjacent to an activating group) is 1. The van der Waals surface area contributed by atoms with E-state index in [2.05, 4.69) is 15.0 Å². The number of ether oxygens (including phenoxy) is 3. The van der Waals surface area contributed by atoms with E-state index < -0.39 is 0 Å². The van der Waals surface area contributed by atoms with Gasteiger partial charge in [0.05, 0.1) is 20.8 Å². The molecule has 1 aromatic rings. The van der Waals surface area contributed by atoms with Gasteiger partial charge in [-0.2, -0.15) is 9.97 Å². The molecule has 0 aliphatic heterocycles. The lowest BCUT2D eigenvalue weighted by Gasteiger charge is -2.19. The summed E-state index contributed by atoms with van der Waals surface area (Å²) in [5.74, 6) is -0.0399. The Hall–Kier alpha value is -2.12. The molecule has 1 heterocycles. The molecule has 0 aromatic carbocycles. The van der Waals surface area contributed by atoms with E-state index in [0.29, 0.717) is 19.1 Å². The lowest BCUT2D eigenvalue weighted by atomic mass is 10.5. The van der Waals surface area contributed by atoms with Crippen molar-refractivity contribution >= 4 is 11.9 Å². The number of carbonyl (C=O) groups is 1. The summed E-state index contributed by atoms with van der Waals surface area (Å²) in [7, 11) is 2.89. The number of methoxy groups -OCH3 is 2. The van der Waals surface area contributed by atoms with Crippen LogP contribution in [0.15, 0.2) is 0 Å². The van der Waals surface area contributed by atoms with Gasteiger partial charge < -0.3 is 19.1 Å². The maximum Gasteiger partial charge on any atom is 0.325 e. The first kappa shape index (κ1) is 14.9. The fourth-order valence-electron chi connectivity index (χ4n) is 1.34. The average Bonchev–Trinajstić information content (AvgIpc) is 2.44. The minimum Gasteiger partial charge on any atom is -0.467 e. The quantitative estimate of drug-likeness (QED) is 0.653. The van der Waals surface area contributed by atoms with Gasteiger partial charge in [-0.25, -0.2) is 0 Å². The van der Waals surface area contributed by atoms with Gasteiger partial charge in [-0.15, -0.1) is 4.98 Å². The third-order valence-corrected chi connectivity index (χ3v) is 2.24. The van der Waals surface area contributed by atoms with Crippen molar-refractivity contribution in [3.05, 3.63) is 0 Å². The van der Waals surface area contributed by atoms with Crippen molar-refractivity contribution in [3.63, 3.8) is 0 Å². The van der Waals surface area contributed by atoms with Crippen LogP contribution in [0.3, 0.4) is 0 Å². The van der Waals surface area contributed by atoms with Crippen molar-refractivity contribution in [1.82, 2.24) is 15.0 Å². The molecule has 0 saturated carbocycles. The fraction of sp³-hybridized carbons (Fsp3) is 0.636. The predicted octanol–water partition coefficient (Wildman–Crippen LogP) is 0.278. The number of anilines is 1. The predicted molar refractivity (Wildman–Crippen MR) is 67.5 cm³/mol. The summed E-state index contributed by atoms with van der Waals surface area (Å²) in [5.41, 5.74) is 0. The number of hydrogen-bond acceptors (Lipinski definition) is 8. The van der Waals surface area contributed by atoms with Crippen LogP contribution >= 0.6 is 0 Å². The summed E-state index contributed by atoms with van der Waals surface area (Å²) >= 11 is 0. The molecule has 8 nitrogen and oxygen atoms in total. The molecule has 0 aliphatic rings. The zero-order valence-corrected chi connectivity index (χ0v) is 11.5. The van der Waals surface area contributed by atoms with Crippen LogP contribution in [-0.2, 0) is 9.53 Å². The number of rotatable bonds is 7. The third kappa shape index (κ3) is 4.23. The second kappa shape index (κ2) is 7.34. The molecule has 0 N–H and O–H groups in total. The van der Waals surface area contributed by atoms with Crippen LogP contribution in [0.4, 0.5) is 5.95 Å². The molecule has 0 atom stereocenters. The summed E-state index contributed by atoms with van der Waals surface area (Å²) < 4.78 is 14.8. The standard InChI is InChI=1S/C11H18N4O4/c1-5-15(7-8(16)19-6-2)9-12-10(17-3)14-11(13-9)18-4/h5-7H2,1-4H3. The molecule has 106 valence electrons. The highest BCUT2D eigenvalue weighted by Gasteiger charge is 2.16. The van der Waals surface area contributed by atoms with Gasteiger partial charge in [0.1, 0.15) is 6.54 Å². The molecular weight excluding hydrogens is 252 g/mol. The van der Waals surface area contributed by atoms with Crippen molar-refractivity contribution in [2.24, 2.45) is 0 Å². The highest BCUT2D eigenvalue weighted by molar-refractivity contribution is 5.74. The maximum absolute atomic E-state index is 11.5. The van der Waals surface area contributed by atoms with Crippen molar-refractivity contribution in [1.29, 1.82) is 0 Å². The van der Waals surface area contributed by atoms with Crippen molar-refractivity contribution in [2.45, 2.75) is 13.8 Å². The molecule has 1 rings (SSSR count).